The van der Waals surface area contributed by atoms with E-state index in [0.717, 1.165) is 16.5 Å². The van der Waals surface area contributed by atoms with E-state index in [0.29, 0.717) is 11.5 Å². The first-order chi connectivity index (χ1) is 8.34. The number of aryl methyl sites for hydroxylation is 2. The average molecular weight is 245 g/mol. The Morgan fingerprint density at radius 1 is 1.28 bits per heavy atom. The molecule has 96 valence electrons. The SMILES string of the molecule is Cc1cc(C(=O)O)cc2c(C(C)C)c(C)n(C)c12. The van der Waals surface area contributed by atoms with Gasteiger partial charge in [-0.25, -0.2) is 4.79 Å². The second-order valence-electron chi connectivity index (χ2n) is 5.21. The first-order valence-corrected chi connectivity index (χ1v) is 6.17. The number of carbonyl (C=O) groups is 1. The molecule has 0 aliphatic carbocycles. The summed E-state index contributed by atoms with van der Waals surface area (Å²) in [7, 11) is 2.04. The quantitative estimate of drug-likeness (QED) is 0.878. The van der Waals surface area contributed by atoms with Crippen LogP contribution < -0.4 is 0 Å². The highest BCUT2D eigenvalue weighted by Gasteiger charge is 2.18. The van der Waals surface area contributed by atoms with Crippen molar-refractivity contribution in [2.45, 2.75) is 33.6 Å². The summed E-state index contributed by atoms with van der Waals surface area (Å²) in [5, 5.41) is 10.2. The first kappa shape index (κ1) is 12.7. The molecule has 0 spiro atoms. The molecule has 0 radical (unpaired) electrons. The molecule has 1 N–H and O–H groups in total. The predicted octanol–water partition coefficient (Wildman–Crippen LogP) is 3.62. The van der Waals surface area contributed by atoms with Crippen LogP contribution >= 0.6 is 0 Å². The molecule has 0 amide bonds. The van der Waals surface area contributed by atoms with Gasteiger partial charge in [-0.2, -0.15) is 0 Å². The van der Waals surface area contributed by atoms with Crippen LogP contribution in [-0.4, -0.2) is 15.6 Å². The van der Waals surface area contributed by atoms with Crippen LogP contribution in [0.15, 0.2) is 12.1 Å². The monoisotopic (exact) mass is 245 g/mol. The number of benzene rings is 1. The maximum atomic E-state index is 11.2. The zero-order valence-electron chi connectivity index (χ0n) is 11.5. The summed E-state index contributed by atoms with van der Waals surface area (Å²) in [5.74, 6) is -0.478. The highest BCUT2D eigenvalue weighted by molar-refractivity contribution is 5.97. The van der Waals surface area contributed by atoms with Crippen molar-refractivity contribution in [2.75, 3.05) is 0 Å². The number of carboxylic acids is 1. The molecule has 18 heavy (non-hydrogen) atoms. The maximum Gasteiger partial charge on any atom is 0.335 e. The fourth-order valence-electron chi connectivity index (χ4n) is 2.83. The van der Waals surface area contributed by atoms with E-state index in [1.807, 2.05) is 14.0 Å². The van der Waals surface area contributed by atoms with E-state index in [-0.39, 0.29) is 0 Å². The Bertz CT molecular complexity index is 636. The highest BCUT2D eigenvalue weighted by atomic mass is 16.4. The van der Waals surface area contributed by atoms with Gasteiger partial charge >= 0.3 is 5.97 Å². The summed E-state index contributed by atoms with van der Waals surface area (Å²) in [5.41, 5.74) is 4.99. The lowest BCUT2D eigenvalue weighted by atomic mass is 9.97. The van der Waals surface area contributed by atoms with Crippen LogP contribution in [0.1, 0.15) is 46.9 Å². The van der Waals surface area contributed by atoms with Crippen molar-refractivity contribution in [1.82, 2.24) is 4.57 Å². The van der Waals surface area contributed by atoms with Gasteiger partial charge in [0.1, 0.15) is 0 Å². The van der Waals surface area contributed by atoms with Crippen molar-refractivity contribution in [3.63, 3.8) is 0 Å². The van der Waals surface area contributed by atoms with Crippen molar-refractivity contribution < 1.29 is 9.90 Å². The third kappa shape index (κ3) is 1.70. The van der Waals surface area contributed by atoms with Crippen LogP contribution in [0.2, 0.25) is 0 Å². The van der Waals surface area contributed by atoms with E-state index in [1.165, 1.54) is 11.3 Å². The van der Waals surface area contributed by atoms with Gasteiger partial charge < -0.3 is 9.67 Å². The number of carboxylic acid groups (broad SMARTS) is 1. The van der Waals surface area contributed by atoms with Gasteiger partial charge in [-0.05, 0) is 43.0 Å². The molecule has 0 bridgehead atoms. The van der Waals surface area contributed by atoms with Gasteiger partial charge in [0.05, 0.1) is 11.1 Å². The number of aromatic carboxylic acids is 1. The first-order valence-electron chi connectivity index (χ1n) is 6.17. The predicted molar refractivity (Wildman–Crippen MR) is 73.4 cm³/mol. The number of hydrogen-bond acceptors (Lipinski definition) is 1. The second kappa shape index (κ2) is 4.16. The minimum atomic E-state index is -0.865. The van der Waals surface area contributed by atoms with E-state index in [2.05, 4.69) is 25.3 Å². The molecule has 0 aliphatic rings. The van der Waals surface area contributed by atoms with Crippen molar-refractivity contribution in [3.05, 3.63) is 34.5 Å². The topological polar surface area (TPSA) is 42.2 Å². The Kier molecular flexibility index (Phi) is 2.93. The second-order valence-corrected chi connectivity index (χ2v) is 5.21. The molecule has 2 aromatic rings. The van der Waals surface area contributed by atoms with Crippen LogP contribution in [0.4, 0.5) is 0 Å². The van der Waals surface area contributed by atoms with E-state index < -0.39 is 5.97 Å². The Balaban J connectivity index is 2.93. The minimum absolute atomic E-state index is 0.368. The molecule has 3 heteroatoms. The molecule has 1 heterocycles. The molecular weight excluding hydrogens is 226 g/mol. The summed E-state index contributed by atoms with van der Waals surface area (Å²) in [6.45, 7) is 8.35. The third-order valence-corrected chi connectivity index (χ3v) is 3.64. The van der Waals surface area contributed by atoms with Gasteiger partial charge in [-0.1, -0.05) is 13.8 Å². The van der Waals surface area contributed by atoms with E-state index in [1.54, 1.807) is 12.1 Å². The molecule has 0 fully saturated rings. The summed E-state index contributed by atoms with van der Waals surface area (Å²) < 4.78 is 2.16. The summed E-state index contributed by atoms with van der Waals surface area (Å²) in [6, 6.07) is 3.54. The Hall–Kier alpha value is -1.77. The maximum absolute atomic E-state index is 11.2. The Morgan fingerprint density at radius 2 is 1.89 bits per heavy atom. The van der Waals surface area contributed by atoms with Crippen LogP contribution in [0.25, 0.3) is 10.9 Å². The standard InChI is InChI=1S/C15H19NO2/c1-8(2)13-10(4)16(5)14-9(3)6-11(15(17)18)7-12(13)14/h6-8H,1-5H3,(H,17,18). The van der Waals surface area contributed by atoms with E-state index >= 15 is 0 Å². The summed E-state index contributed by atoms with van der Waals surface area (Å²) in [4.78, 5) is 11.2. The van der Waals surface area contributed by atoms with Crippen molar-refractivity contribution in [3.8, 4) is 0 Å². The van der Waals surface area contributed by atoms with Crippen LogP contribution in [0.5, 0.6) is 0 Å². The molecule has 0 saturated heterocycles. The largest absolute Gasteiger partial charge is 0.478 e. The zero-order valence-corrected chi connectivity index (χ0v) is 11.5. The fraction of sp³-hybridized carbons (Fsp3) is 0.400. The average Bonchev–Trinajstić information content (AvgIpc) is 2.51. The molecule has 3 nitrogen and oxygen atoms in total. The molecule has 1 aromatic carbocycles. The summed E-state index contributed by atoms with van der Waals surface area (Å²) >= 11 is 0. The Labute approximate surface area is 107 Å². The van der Waals surface area contributed by atoms with Gasteiger partial charge in [-0.15, -0.1) is 0 Å². The molecule has 0 saturated carbocycles. The molecule has 0 unspecified atom stereocenters. The normalized spacial score (nSPS) is 11.4. The minimum Gasteiger partial charge on any atom is -0.478 e. The molecule has 1 aromatic heterocycles. The number of fused-ring (bicyclic) bond motifs is 1. The van der Waals surface area contributed by atoms with E-state index in [4.69, 9.17) is 5.11 Å². The van der Waals surface area contributed by atoms with Crippen molar-refractivity contribution in [2.24, 2.45) is 7.05 Å². The molecule has 0 aliphatic heterocycles. The van der Waals surface area contributed by atoms with Gasteiger partial charge in [-0.3, -0.25) is 0 Å². The third-order valence-electron chi connectivity index (χ3n) is 3.64. The lowest BCUT2D eigenvalue weighted by Crippen LogP contribution is -1.98. The van der Waals surface area contributed by atoms with Crippen molar-refractivity contribution >= 4 is 16.9 Å². The van der Waals surface area contributed by atoms with Crippen LogP contribution in [0.3, 0.4) is 0 Å². The van der Waals surface area contributed by atoms with Gasteiger partial charge in [0, 0.05) is 18.1 Å². The lowest BCUT2D eigenvalue weighted by Gasteiger charge is -2.06. The Morgan fingerprint density at radius 3 is 2.39 bits per heavy atom. The molecule has 0 atom stereocenters. The highest BCUT2D eigenvalue weighted by Crippen LogP contribution is 2.33. The zero-order chi connectivity index (χ0) is 13.6. The molecule has 2 rings (SSSR count). The smallest absolute Gasteiger partial charge is 0.335 e. The van der Waals surface area contributed by atoms with Gasteiger partial charge in [0.2, 0.25) is 0 Å². The number of nitrogens with zero attached hydrogens (tertiary/aromatic N) is 1. The fourth-order valence-corrected chi connectivity index (χ4v) is 2.83. The van der Waals surface area contributed by atoms with Gasteiger partial charge in [0.15, 0.2) is 0 Å². The summed E-state index contributed by atoms with van der Waals surface area (Å²) in [6.07, 6.45) is 0. The van der Waals surface area contributed by atoms with Crippen molar-refractivity contribution in [1.29, 1.82) is 0 Å². The van der Waals surface area contributed by atoms with E-state index in [9.17, 15) is 4.79 Å². The number of hydrogen-bond donors (Lipinski definition) is 1. The molecular formula is C15H19NO2. The number of aromatic nitrogens is 1. The number of rotatable bonds is 2. The van der Waals surface area contributed by atoms with Crippen LogP contribution in [0, 0.1) is 13.8 Å². The lowest BCUT2D eigenvalue weighted by molar-refractivity contribution is 0.0697. The van der Waals surface area contributed by atoms with Gasteiger partial charge in [0.25, 0.3) is 0 Å². The van der Waals surface area contributed by atoms with Crippen LogP contribution in [-0.2, 0) is 7.05 Å².